The van der Waals surface area contributed by atoms with Crippen molar-refractivity contribution >= 4 is 5.78 Å². The zero-order valence-corrected chi connectivity index (χ0v) is 21.2. The molecule has 33 heavy (non-hydrogen) atoms. The molecule has 1 saturated heterocycles. The molecule has 8 nitrogen and oxygen atoms in total. The Morgan fingerprint density at radius 2 is 1.85 bits per heavy atom. The van der Waals surface area contributed by atoms with E-state index >= 15 is 0 Å². The van der Waals surface area contributed by atoms with E-state index in [0.717, 1.165) is 0 Å². The molecule has 8 heteroatoms. The van der Waals surface area contributed by atoms with Crippen molar-refractivity contribution in [1.29, 1.82) is 0 Å². The average molecular weight is 470 g/mol. The number of fused-ring (bicyclic) bond motifs is 3. The number of hydrogen-bond donors (Lipinski definition) is 4. The first-order valence-electron chi connectivity index (χ1n) is 11.9. The summed E-state index contributed by atoms with van der Waals surface area (Å²) < 4.78 is 12.6. The summed E-state index contributed by atoms with van der Waals surface area (Å²) in [5, 5.41) is 45.8. The number of rotatable bonds is 6. The van der Waals surface area contributed by atoms with Crippen molar-refractivity contribution in [3.8, 4) is 0 Å². The fourth-order valence-corrected chi connectivity index (χ4v) is 7.24. The van der Waals surface area contributed by atoms with E-state index in [0.29, 0.717) is 19.4 Å². The fraction of sp³-hybridized carbons (Fsp3) is 0.880. The van der Waals surface area contributed by atoms with Crippen LogP contribution in [0.25, 0.3) is 0 Å². The Kier molecular flexibility index (Phi) is 6.77. The minimum absolute atomic E-state index is 0.107. The summed E-state index contributed by atoms with van der Waals surface area (Å²) >= 11 is 0. The van der Waals surface area contributed by atoms with E-state index in [-0.39, 0.29) is 13.0 Å². The van der Waals surface area contributed by atoms with Crippen LogP contribution in [0, 0.1) is 16.7 Å². The van der Waals surface area contributed by atoms with E-state index in [9.17, 15) is 25.2 Å². The molecule has 0 amide bonds. The van der Waals surface area contributed by atoms with Gasteiger partial charge >= 0.3 is 0 Å². The van der Waals surface area contributed by atoms with Gasteiger partial charge in [0.1, 0.15) is 11.7 Å². The predicted octanol–water partition coefficient (Wildman–Crippen LogP) is 0.896. The van der Waals surface area contributed by atoms with Gasteiger partial charge in [-0.15, -0.1) is 6.58 Å². The smallest absolute Gasteiger partial charge is 0.171 e. The van der Waals surface area contributed by atoms with Crippen molar-refractivity contribution in [2.24, 2.45) is 16.7 Å². The summed E-state index contributed by atoms with van der Waals surface area (Å²) in [7, 11) is 3.66. The number of ether oxygens (including phenoxy) is 2. The number of Topliss-reactive ketones (excluding diaryl/α,β-unsaturated/α-hetero) is 1. The Balaban J connectivity index is 2.17. The number of carbonyl (C=O) groups is 1. The normalized spacial score (nSPS) is 48.2. The van der Waals surface area contributed by atoms with E-state index in [2.05, 4.69) is 6.58 Å². The van der Waals surface area contributed by atoms with Gasteiger partial charge in [0.05, 0.1) is 30.5 Å². The van der Waals surface area contributed by atoms with Crippen LogP contribution in [-0.4, -0.2) is 99.6 Å². The second-order valence-electron chi connectivity index (χ2n) is 12.0. The van der Waals surface area contributed by atoms with Crippen molar-refractivity contribution in [2.75, 3.05) is 27.2 Å². The van der Waals surface area contributed by atoms with Crippen LogP contribution in [0.1, 0.15) is 53.9 Å². The van der Waals surface area contributed by atoms with Gasteiger partial charge < -0.3 is 34.8 Å². The summed E-state index contributed by atoms with van der Waals surface area (Å²) in [4.78, 5) is 15.6. The van der Waals surface area contributed by atoms with Crippen molar-refractivity contribution in [3.63, 3.8) is 0 Å². The van der Waals surface area contributed by atoms with Gasteiger partial charge in [-0.2, -0.15) is 0 Å². The molecule has 0 bridgehead atoms. The third-order valence-electron chi connectivity index (χ3n) is 8.77. The van der Waals surface area contributed by atoms with Crippen LogP contribution in [0.15, 0.2) is 12.7 Å². The third-order valence-corrected chi connectivity index (χ3v) is 8.77. The van der Waals surface area contributed by atoms with Crippen LogP contribution >= 0.6 is 0 Å². The molecule has 3 aliphatic rings. The summed E-state index contributed by atoms with van der Waals surface area (Å²) in [6.07, 6.45) is -1.71. The highest BCUT2D eigenvalue weighted by atomic mass is 16.6. The topological polar surface area (TPSA) is 120 Å². The van der Waals surface area contributed by atoms with Gasteiger partial charge in [0, 0.05) is 24.3 Å². The van der Waals surface area contributed by atoms with Crippen LogP contribution in [0.2, 0.25) is 0 Å². The molecule has 0 aromatic rings. The molecule has 2 saturated carbocycles. The maximum Gasteiger partial charge on any atom is 0.171 e. The minimum Gasteiger partial charge on any atom is -0.392 e. The molecule has 3 rings (SSSR count). The maximum absolute atomic E-state index is 13.8. The Labute approximate surface area is 197 Å². The summed E-state index contributed by atoms with van der Waals surface area (Å²) in [5.74, 6) is -1.11. The van der Waals surface area contributed by atoms with Gasteiger partial charge in [0.15, 0.2) is 11.4 Å². The van der Waals surface area contributed by atoms with Crippen LogP contribution in [-0.2, 0) is 14.3 Å². The second-order valence-corrected chi connectivity index (χ2v) is 12.0. The Hall–Kier alpha value is -0.870. The lowest BCUT2D eigenvalue weighted by Crippen LogP contribution is -2.86. The molecular formula is C25H43NO7. The first-order chi connectivity index (χ1) is 15.0. The predicted molar refractivity (Wildman–Crippen MR) is 124 cm³/mol. The molecule has 1 heterocycles. The lowest BCUT2D eigenvalue weighted by Gasteiger charge is -2.71. The van der Waals surface area contributed by atoms with E-state index in [1.54, 1.807) is 20.8 Å². The SMILES string of the molecule is C=C[C@@]1(C)CC(=O)[C@]2(O)[C@@]3(C)[C@@H](O)CCC(C)(C)[C@@H]3[C@H](O)[C@H](OCC(O)CN(C)C)[C@@]2(C)O1. The fourth-order valence-electron chi connectivity index (χ4n) is 7.24. The number of aliphatic hydroxyl groups is 4. The molecule has 0 aromatic carbocycles. The van der Waals surface area contributed by atoms with Crippen molar-refractivity contribution in [3.05, 3.63) is 12.7 Å². The maximum atomic E-state index is 13.8. The van der Waals surface area contributed by atoms with E-state index < -0.39 is 63.8 Å². The monoisotopic (exact) mass is 469 g/mol. The van der Waals surface area contributed by atoms with Gasteiger partial charge in [0.2, 0.25) is 0 Å². The highest BCUT2D eigenvalue weighted by Gasteiger charge is 2.80. The van der Waals surface area contributed by atoms with E-state index in [4.69, 9.17) is 9.47 Å². The molecule has 0 radical (unpaired) electrons. The number of hydrogen-bond acceptors (Lipinski definition) is 8. The molecule has 4 N–H and O–H groups in total. The van der Waals surface area contributed by atoms with Crippen LogP contribution < -0.4 is 0 Å². The van der Waals surface area contributed by atoms with Gasteiger partial charge in [-0.1, -0.05) is 26.8 Å². The molecular weight excluding hydrogens is 426 g/mol. The molecule has 0 spiro atoms. The zero-order valence-electron chi connectivity index (χ0n) is 21.2. The van der Waals surface area contributed by atoms with Crippen molar-refractivity contribution in [1.82, 2.24) is 4.90 Å². The molecule has 1 aliphatic heterocycles. The van der Waals surface area contributed by atoms with Crippen LogP contribution in [0.4, 0.5) is 0 Å². The number of ketones is 1. The minimum atomic E-state index is -2.12. The molecule has 1 unspecified atom stereocenters. The molecule has 3 fully saturated rings. The van der Waals surface area contributed by atoms with Gasteiger partial charge in [0.25, 0.3) is 0 Å². The first kappa shape index (κ1) is 26.7. The Bertz CT molecular complexity index is 787. The Morgan fingerprint density at radius 1 is 1.24 bits per heavy atom. The van der Waals surface area contributed by atoms with Crippen molar-refractivity contribution in [2.45, 2.75) is 95.1 Å². The zero-order chi connectivity index (χ0) is 25.2. The number of nitrogens with zero attached hydrogens (tertiary/aromatic N) is 1. The number of carbonyl (C=O) groups excluding carboxylic acids is 1. The van der Waals surface area contributed by atoms with Crippen LogP contribution in [0.3, 0.4) is 0 Å². The molecule has 9 atom stereocenters. The highest BCUT2D eigenvalue weighted by molar-refractivity contribution is 5.92. The van der Waals surface area contributed by atoms with Crippen molar-refractivity contribution < 1.29 is 34.7 Å². The molecule has 0 aromatic heterocycles. The van der Waals surface area contributed by atoms with E-state index in [1.807, 2.05) is 32.8 Å². The molecule has 190 valence electrons. The Morgan fingerprint density at radius 3 is 2.39 bits per heavy atom. The largest absolute Gasteiger partial charge is 0.392 e. The molecule has 2 aliphatic carbocycles. The quantitative estimate of drug-likeness (QED) is 0.424. The van der Waals surface area contributed by atoms with Crippen LogP contribution in [0.5, 0.6) is 0 Å². The van der Waals surface area contributed by atoms with E-state index in [1.165, 1.54) is 6.08 Å². The average Bonchev–Trinajstić information content (AvgIpc) is 2.67. The number of aliphatic hydroxyl groups excluding tert-OH is 3. The summed E-state index contributed by atoms with van der Waals surface area (Å²) in [6.45, 7) is 13.0. The lowest BCUT2D eigenvalue weighted by atomic mass is 9.40. The lowest BCUT2D eigenvalue weighted by molar-refractivity contribution is -0.376. The first-order valence-corrected chi connectivity index (χ1v) is 11.9. The number of likely N-dealkylation sites (N-methyl/N-ethyl adjacent to an activating group) is 1. The van der Waals surface area contributed by atoms with Gasteiger partial charge in [-0.3, -0.25) is 4.79 Å². The second kappa shape index (κ2) is 8.36. The summed E-state index contributed by atoms with van der Waals surface area (Å²) in [5.41, 5.74) is -6.76. The summed E-state index contributed by atoms with van der Waals surface area (Å²) in [6, 6.07) is 0. The standard InChI is InChI=1S/C25H43NO7/c1-9-22(4)12-17(29)25(31)23(5)16(28)10-11-21(2,3)19(23)18(30)20(24(25,6)33-22)32-14-15(27)13-26(7)8/h9,15-16,18-20,27-28,30-31H,1,10-14H2,2-8H3/t15?,16-,18-,19-,20-,22-,23-,24+,25-/m0/s1. The highest BCUT2D eigenvalue weighted by Crippen LogP contribution is 2.67. The van der Waals surface area contributed by atoms with Gasteiger partial charge in [-0.05, 0) is 46.2 Å². The third kappa shape index (κ3) is 3.73. The van der Waals surface area contributed by atoms with Gasteiger partial charge in [-0.25, -0.2) is 0 Å².